The van der Waals surface area contributed by atoms with E-state index in [9.17, 15) is 4.79 Å². The normalized spacial score (nSPS) is 16.7. The van der Waals surface area contributed by atoms with Crippen molar-refractivity contribution >= 4 is 55.3 Å². The highest BCUT2D eigenvalue weighted by molar-refractivity contribution is 6.82. The highest BCUT2D eigenvalue weighted by Gasteiger charge is 2.52. The van der Waals surface area contributed by atoms with Gasteiger partial charge in [-0.3, -0.25) is 4.79 Å². The molecule has 2 radical (unpaired) electrons. The van der Waals surface area contributed by atoms with Gasteiger partial charge < -0.3 is 14.9 Å². The lowest BCUT2D eigenvalue weighted by atomic mass is 9.45. The summed E-state index contributed by atoms with van der Waals surface area (Å²) in [4.78, 5) is 25.9. The molecule has 1 N–H and O–H groups in total. The molecule has 0 bridgehead atoms. The maximum atomic E-state index is 13.7. The van der Waals surface area contributed by atoms with Gasteiger partial charge in [0.15, 0.2) is 0 Å². The van der Waals surface area contributed by atoms with Crippen molar-refractivity contribution in [3.8, 4) is 11.3 Å². The standard InChI is InChI=1S/C42H46B3N5O/c1-8-32(27-49(6)7)39-29(3)40(39)42(51)48-37-23-33-22-36(38-28(2)16-15-21-35(38)43)47-41(34(33)26-46-37)50(44(4)24-30-17-11-9-12-18-30)45(5)25-31-19-13-10-14-20-31/h8-23,26-27,29,39-40H,1,24-25H2,2-7H3,(H,46,48,51)/b32-27+/t29?,39-,40?/m1/s1. The minimum Gasteiger partial charge on any atom is -0.444 e. The van der Waals surface area contributed by atoms with Gasteiger partial charge in [-0.1, -0.05) is 129 Å². The molecule has 3 aromatic carbocycles. The number of fused-ring (bicyclic) bond motifs is 1. The Morgan fingerprint density at radius 3 is 2.12 bits per heavy atom. The van der Waals surface area contributed by atoms with Crippen molar-refractivity contribution in [2.45, 2.75) is 40.1 Å². The fourth-order valence-electron chi connectivity index (χ4n) is 7.68. The lowest BCUT2D eigenvalue weighted by Gasteiger charge is -2.35. The van der Waals surface area contributed by atoms with E-state index in [-0.39, 0.29) is 37.4 Å². The van der Waals surface area contributed by atoms with E-state index >= 15 is 0 Å². The topological polar surface area (TPSA) is 61.4 Å². The number of aryl methyl sites for hydroxylation is 1. The molecule has 6 nitrogen and oxygen atoms in total. The highest BCUT2D eigenvalue weighted by atomic mass is 16.2. The van der Waals surface area contributed by atoms with Gasteiger partial charge in [0.2, 0.25) is 19.6 Å². The molecule has 2 aromatic heterocycles. The number of amides is 1. The number of carbonyl (C=O) groups is 1. The molecule has 1 amide bonds. The summed E-state index contributed by atoms with van der Waals surface area (Å²) in [6.45, 7) is 12.9. The van der Waals surface area contributed by atoms with Crippen LogP contribution in [-0.4, -0.2) is 56.4 Å². The van der Waals surface area contributed by atoms with E-state index in [0.29, 0.717) is 11.3 Å². The first-order chi connectivity index (χ1) is 24.5. The van der Waals surface area contributed by atoms with Gasteiger partial charge in [-0.15, -0.1) is 0 Å². The Morgan fingerprint density at radius 2 is 1.55 bits per heavy atom. The minimum absolute atomic E-state index is 0.0295. The van der Waals surface area contributed by atoms with Crippen LogP contribution in [0.25, 0.3) is 22.0 Å². The maximum absolute atomic E-state index is 13.7. The predicted molar refractivity (Wildman–Crippen MR) is 218 cm³/mol. The average molecular weight is 669 g/mol. The maximum Gasteiger partial charge on any atom is 0.243 e. The van der Waals surface area contributed by atoms with Gasteiger partial charge in [-0.2, -0.15) is 0 Å². The number of hydrogen-bond acceptors (Lipinski definition) is 5. The molecular weight excluding hydrogens is 623 g/mol. The largest absolute Gasteiger partial charge is 0.444 e. The number of carbonyl (C=O) groups excluding carboxylic acids is 1. The van der Waals surface area contributed by atoms with Crippen molar-refractivity contribution in [3.05, 3.63) is 138 Å². The van der Waals surface area contributed by atoms with E-state index in [2.05, 4.69) is 117 Å². The zero-order valence-corrected chi connectivity index (χ0v) is 30.7. The number of nitrogens with zero attached hydrogens (tertiary/aromatic N) is 4. The van der Waals surface area contributed by atoms with Gasteiger partial charge >= 0.3 is 0 Å². The summed E-state index contributed by atoms with van der Waals surface area (Å²) in [6.07, 6.45) is 7.46. The van der Waals surface area contributed by atoms with E-state index in [1.54, 1.807) is 0 Å². The molecule has 1 aliphatic carbocycles. The van der Waals surface area contributed by atoms with E-state index in [0.717, 1.165) is 51.6 Å². The van der Waals surface area contributed by atoms with Gasteiger partial charge in [0.05, 0.1) is 5.69 Å². The Balaban J connectivity index is 1.44. The lowest BCUT2D eigenvalue weighted by Crippen LogP contribution is -2.50. The Hall–Kier alpha value is -5.04. The van der Waals surface area contributed by atoms with Crippen LogP contribution in [0.3, 0.4) is 0 Å². The second-order valence-corrected chi connectivity index (χ2v) is 14.3. The number of rotatable bonds is 13. The third kappa shape index (κ3) is 7.98. The zero-order chi connectivity index (χ0) is 36.2. The van der Waals surface area contributed by atoms with Crippen LogP contribution in [0.4, 0.5) is 11.6 Å². The molecule has 6 rings (SSSR count). The molecule has 2 heterocycles. The monoisotopic (exact) mass is 669 g/mol. The van der Waals surface area contributed by atoms with Crippen molar-refractivity contribution in [2.24, 2.45) is 17.8 Å². The van der Waals surface area contributed by atoms with Gasteiger partial charge in [0.25, 0.3) is 0 Å². The molecule has 0 spiro atoms. The number of hydrogen-bond donors (Lipinski definition) is 1. The van der Waals surface area contributed by atoms with Gasteiger partial charge in [0, 0.05) is 43.7 Å². The molecule has 0 saturated heterocycles. The van der Waals surface area contributed by atoms with Gasteiger partial charge in [0.1, 0.15) is 19.5 Å². The number of anilines is 2. The third-order valence-electron chi connectivity index (χ3n) is 10.2. The summed E-state index contributed by atoms with van der Waals surface area (Å²) in [5, 5.41) is 5.00. The predicted octanol–water partition coefficient (Wildman–Crippen LogP) is 7.46. The van der Waals surface area contributed by atoms with Crippen LogP contribution in [0.15, 0.2) is 122 Å². The quantitative estimate of drug-likeness (QED) is 0.104. The summed E-state index contributed by atoms with van der Waals surface area (Å²) < 4.78 is 2.45. The second-order valence-electron chi connectivity index (χ2n) is 14.3. The first-order valence-corrected chi connectivity index (χ1v) is 17.9. The molecule has 254 valence electrons. The summed E-state index contributed by atoms with van der Waals surface area (Å²) in [7, 11) is 10.6. The van der Waals surface area contributed by atoms with Crippen LogP contribution in [0.1, 0.15) is 23.6 Å². The van der Waals surface area contributed by atoms with E-state index in [4.69, 9.17) is 17.8 Å². The number of benzene rings is 3. The summed E-state index contributed by atoms with van der Waals surface area (Å²) in [6, 6.07) is 31.2. The number of pyridine rings is 2. The molecule has 5 aromatic rings. The Bertz CT molecular complexity index is 1990. The molecule has 51 heavy (non-hydrogen) atoms. The highest BCUT2D eigenvalue weighted by Crippen LogP contribution is 2.51. The average Bonchev–Trinajstić information content (AvgIpc) is 3.78. The van der Waals surface area contributed by atoms with Crippen LogP contribution in [0.5, 0.6) is 0 Å². The van der Waals surface area contributed by atoms with Crippen LogP contribution in [-0.2, 0) is 17.4 Å². The Labute approximate surface area is 305 Å². The van der Waals surface area contributed by atoms with Gasteiger partial charge in [-0.05, 0) is 59.7 Å². The third-order valence-corrected chi connectivity index (χ3v) is 10.2. The van der Waals surface area contributed by atoms with Crippen LogP contribution in [0, 0.1) is 24.7 Å². The first kappa shape index (κ1) is 35.8. The molecule has 0 aliphatic heterocycles. The number of allylic oxidation sites excluding steroid dienone is 2. The summed E-state index contributed by atoms with van der Waals surface area (Å²) in [5.41, 5.74) is 7.03. The Morgan fingerprint density at radius 1 is 0.922 bits per heavy atom. The van der Waals surface area contributed by atoms with Crippen molar-refractivity contribution in [3.63, 3.8) is 0 Å². The van der Waals surface area contributed by atoms with E-state index in [1.807, 2.05) is 55.7 Å². The number of nitrogens with one attached hydrogen (secondary N) is 1. The summed E-state index contributed by atoms with van der Waals surface area (Å²) in [5.74, 6) is 1.54. The van der Waals surface area contributed by atoms with Crippen LogP contribution in [0.2, 0.25) is 13.6 Å². The van der Waals surface area contributed by atoms with E-state index < -0.39 is 0 Å². The minimum atomic E-state index is -0.143. The van der Waals surface area contributed by atoms with Crippen LogP contribution < -0.4 is 15.5 Å². The van der Waals surface area contributed by atoms with Gasteiger partial charge in [-0.25, -0.2) is 9.97 Å². The van der Waals surface area contributed by atoms with E-state index in [1.165, 1.54) is 11.1 Å². The van der Waals surface area contributed by atoms with Crippen molar-refractivity contribution in [1.29, 1.82) is 0 Å². The fraction of sp³-hybridized carbons (Fsp3) is 0.262. The smallest absolute Gasteiger partial charge is 0.243 e. The Kier molecular flexibility index (Phi) is 10.8. The zero-order valence-electron chi connectivity index (χ0n) is 30.7. The van der Waals surface area contributed by atoms with Crippen molar-refractivity contribution < 1.29 is 4.79 Å². The first-order valence-electron chi connectivity index (χ1n) is 17.9. The molecule has 1 fully saturated rings. The fourth-order valence-corrected chi connectivity index (χ4v) is 7.68. The summed E-state index contributed by atoms with van der Waals surface area (Å²) >= 11 is 0. The molecular formula is C42H46B3N5O. The van der Waals surface area contributed by atoms with Crippen LogP contribution >= 0.6 is 0 Å². The van der Waals surface area contributed by atoms with Crippen molar-refractivity contribution in [1.82, 2.24) is 14.9 Å². The molecule has 1 saturated carbocycles. The molecule has 2 unspecified atom stereocenters. The lowest BCUT2D eigenvalue weighted by molar-refractivity contribution is -0.117. The second kappa shape index (κ2) is 15.5. The van der Waals surface area contributed by atoms with Crippen molar-refractivity contribution in [2.75, 3.05) is 24.1 Å². The molecule has 1 aliphatic rings. The molecule has 3 atom stereocenters. The SMILES string of the molecule is [B]c1cccc(C)c1-c1cc2cc(NC(=O)C3C(C)[C@@H]3/C(C=C)=C/N(C)C)ncc2c(N(B(C)Cc2ccccc2)B(C)Cc2ccccc2)n1. The number of aromatic nitrogens is 2. The molecule has 9 heteroatoms.